The minimum Gasteiger partial charge on any atom is -0.467 e. The Morgan fingerprint density at radius 1 is 1.35 bits per heavy atom. The minimum absolute atomic E-state index is 0.191. The van der Waals surface area contributed by atoms with Crippen molar-refractivity contribution < 1.29 is 22.7 Å². The smallest absolute Gasteiger partial charge is 0.339 e. The van der Waals surface area contributed by atoms with Crippen molar-refractivity contribution in [2.45, 2.75) is 42.7 Å². The molecular weight excluding hydrogens is 318 g/mol. The number of nitrogens with zero attached hydrogens (tertiary/aromatic N) is 1. The number of carbonyl (C=O) groups is 1. The fourth-order valence-corrected chi connectivity index (χ4v) is 5.26. The van der Waals surface area contributed by atoms with Gasteiger partial charge in [-0.25, -0.2) is 13.2 Å². The molecule has 1 saturated carbocycles. The molecule has 0 aromatic heterocycles. The normalized spacial score (nSPS) is 28.3. The molecule has 1 aliphatic carbocycles. The highest BCUT2D eigenvalue weighted by Gasteiger charge is 2.58. The van der Waals surface area contributed by atoms with Crippen LogP contribution in [0.25, 0.3) is 0 Å². The molecule has 0 unspecified atom stereocenters. The number of methoxy groups -OCH3 is 1. The van der Waals surface area contributed by atoms with Crippen LogP contribution in [0.5, 0.6) is 0 Å². The van der Waals surface area contributed by atoms with E-state index in [1.54, 1.807) is 24.3 Å². The van der Waals surface area contributed by atoms with Crippen LogP contribution < -0.4 is 0 Å². The molecule has 1 aliphatic heterocycles. The zero-order valence-electron chi connectivity index (χ0n) is 13.3. The second-order valence-electron chi connectivity index (χ2n) is 6.07. The Morgan fingerprint density at radius 2 is 2.04 bits per heavy atom. The van der Waals surface area contributed by atoms with E-state index in [1.165, 1.54) is 11.4 Å². The molecule has 1 saturated heterocycles. The summed E-state index contributed by atoms with van der Waals surface area (Å²) >= 11 is 0. The molecule has 2 aliphatic rings. The van der Waals surface area contributed by atoms with Gasteiger partial charge in [0, 0.05) is 6.54 Å². The Hall–Kier alpha value is -1.44. The van der Waals surface area contributed by atoms with Gasteiger partial charge in [-0.15, -0.1) is 0 Å². The lowest BCUT2D eigenvalue weighted by Crippen LogP contribution is -2.62. The second-order valence-corrected chi connectivity index (χ2v) is 7.96. The van der Waals surface area contributed by atoms with Gasteiger partial charge in [0.25, 0.3) is 0 Å². The molecule has 0 spiro atoms. The number of benzene rings is 1. The van der Waals surface area contributed by atoms with Crippen LogP contribution in [0.15, 0.2) is 29.2 Å². The summed E-state index contributed by atoms with van der Waals surface area (Å²) in [5.41, 5.74) is -0.166. The maximum absolute atomic E-state index is 13.0. The highest BCUT2D eigenvalue weighted by molar-refractivity contribution is 7.89. The van der Waals surface area contributed by atoms with Crippen LogP contribution in [0.3, 0.4) is 0 Å². The van der Waals surface area contributed by atoms with Crippen molar-refractivity contribution in [3.63, 3.8) is 0 Å². The fraction of sp³-hybridized carbons (Fsp3) is 0.562. The van der Waals surface area contributed by atoms with Crippen molar-refractivity contribution in [2.75, 3.05) is 20.3 Å². The Balaban J connectivity index is 1.99. The molecule has 2 atom stereocenters. The molecule has 1 aromatic rings. The number of hydrogen-bond acceptors (Lipinski definition) is 5. The quantitative estimate of drug-likeness (QED) is 0.780. The first kappa shape index (κ1) is 16.4. The number of rotatable bonds is 3. The molecule has 0 radical (unpaired) electrons. The number of hydrogen-bond donors (Lipinski definition) is 0. The summed E-state index contributed by atoms with van der Waals surface area (Å²) in [5.74, 6) is -0.483. The molecule has 0 bridgehead atoms. The average molecular weight is 339 g/mol. The number of sulfonamides is 1. The summed E-state index contributed by atoms with van der Waals surface area (Å²) in [6.45, 7) is 2.35. The molecule has 3 rings (SSSR count). The minimum atomic E-state index is -3.67. The third-order valence-electron chi connectivity index (χ3n) is 4.74. The molecular formula is C16H21NO5S. The molecule has 126 valence electrons. The van der Waals surface area contributed by atoms with Crippen LogP contribution in [0, 0.1) is 6.92 Å². The Morgan fingerprint density at radius 3 is 2.70 bits per heavy atom. The van der Waals surface area contributed by atoms with Gasteiger partial charge in [-0.3, -0.25) is 0 Å². The first-order chi connectivity index (χ1) is 10.9. The van der Waals surface area contributed by atoms with Crippen LogP contribution in [-0.2, 0) is 24.3 Å². The monoisotopic (exact) mass is 339 g/mol. The largest absolute Gasteiger partial charge is 0.467 e. The van der Waals surface area contributed by atoms with E-state index < -0.39 is 27.6 Å². The van der Waals surface area contributed by atoms with Crippen molar-refractivity contribution in [3.8, 4) is 0 Å². The van der Waals surface area contributed by atoms with Crippen molar-refractivity contribution in [2.24, 2.45) is 0 Å². The lowest BCUT2D eigenvalue weighted by atomic mass is 9.96. The highest BCUT2D eigenvalue weighted by Crippen LogP contribution is 2.42. The SMILES string of the molecule is COC(=O)[C@@]12CCC[C@@H]1N(S(=O)(=O)c1ccc(C)cc1)CCO2. The van der Waals surface area contributed by atoms with Crippen molar-refractivity contribution in [1.82, 2.24) is 4.31 Å². The van der Waals surface area contributed by atoms with E-state index >= 15 is 0 Å². The first-order valence-electron chi connectivity index (χ1n) is 7.73. The summed E-state index contributed by atoms with van der Waals surface area (Å²) in [4.78, 5) is 12.5. The third-order valence-corrected chi connectivity index (χ3v) is 6.66. The zero-order chi connectivity index (χ0) is 16.7. The number of carbonyl (C=O) groups excluding carboxylic acids is 1. The number of fused-ring (bicyclic) bond motifs is 1. The predicted molar refractivity (Wildman–Crippen MR) is 83.4 cm³/mol. The first-order valence-corrected chi connectivity index (χ1v) is 9.17. The fourth-order valence-electron chi connectivity index (χ4n) is 3.58. The van der Waals surface area contributed by atoms with Gasteiger partial charge in [0.1, 0.15) is 0 Å². The molecule has 2 fully saturated rings. The highest BCUT2D eigenvalue weighted by atomic mass is 32.2. The maximum atomic E-state index is 13.0. The van der Waals surface area contributed by atoms with Gasteiger partial charge in [-0.1, -0.05) is 17.7 Å². The number of esters is 1. The predicted octanol–water partition coefficient (Wildman–Crippen LogP) is 1.48. The molecule has 1 aromatic carbocycles. The van der Waals surface area contributed by atoms with Crippen molar-refractivity contribution >= 4 is 16.0 Å². The number of ether oxygens (including phenoxy) is 2. The van der Waals surface area contributed by atoms with E-state index in [4.69, 9.17) is 9.47 Å². The molecule has 0 N–H and O–H groups in total. The topological polar surface area (TPSA) is 72.9 Å². The van der Waals surface area contributed by atoms with E-state index in [0.29, 0.717) is 12.8 Å². The standard InChI is InChI=1S/C16H21NO5S/c1-12-5-7-13(8-6-12)23(19,20)17-10-11-22-16(15(18)21-2)9-3-4-14(16)17/h5-8,14H,3-4,9-11H2,1-2H3/t14-,16+/m0/s1. The van der Waals surface area contributed by atoms with Gasteiger partial charge in [0.2, 0.25) is 10.0 Å². The lowest BCUT2D eigenvalue weighted by Gasteiger charge is -2.43. The van der Waals surface area contributed by atoms with Crippen LogP contribution in [0.4, 0.5) is 0 Å². The second kappa shape index (κ2) is 5.89. The molecule has 0 amide bonds. The summed E-state index contributed by atoms with van der Waals surface area (Å²) < 4.78 is 38.1. The van der Waals surface area contributed by atoms with Crippen LogP contribution in [-0.4, -0.2) is 50.6 Å². The summed E-state index contributed by atoms with van der Waals surface area (Å²) in [6, 6.07) is 6.25. The number of morpholine rings is 1. The average Bonchev–Trinajstić information content (AvgIpc) is 2.99. The van der Waals surface area contributed by atoms with Gasteiger partial charge < -0.3 is 9.47 Å². The van der Waals surface area contributed by atoms with E-state index in [1.807, 2.05) is 6.92 Å². The molecule has 7 heteroatoms. The summed E-state index contributed by atoms with van der Waals surface area (Å²) in [5, 5.41) is 0. The number of aryl methyl sites for hydroxylation is 1. The summed E-state index contributed by atoms with van der Waals surface area (Å²) in [6.07, 6.45) is 1.82. The van der Waals surface area contributed by atoms with Crippen LogP contribution in [0.1, 0.15) is 24.8 Å². The van der Waals surface area contributed by atoms with Crippen LogP contribution in [0.2, 0.25) is 0 Å². The molecule has 23 heavy (non-hydrogen) atoms. The van der Waals surface area contributed by atoms with Gasteiger partial charge in [-0.05, 0) is 38.3 Å². The van der Waals surface area contributed by atoms with E-state index in [9.17, 15) is 13.2 Å². The molecule has 6 nitrogen and oxygen atoms in total. The lowest BCUT2D eigenvalue weighted by molar-refractivity contribution is -0.182. The maximum Gasteiger partial charge on any atom is 0.339 e. The van der Waals surface area contributed by atoms with Gasteiger partial charge >= 0.3 is 5.97 Å². The Kier molecular flexibility index (Phi) is 4.20. The third kappa shape index (κ3) is 2.56. The molecule has 1 heterocycles. The van der Waals surface area contributed by atoms with Crippen molar-refractivity contribution in [1.29, 1.82) is 0 Å². The van der Waals surface area contributed by atoms with E-state index in [0.717, 1.165) is 12.0 Å². The Labute approximate surface area is 136 Å². The van der Waals surface area contributed by atoms with Gasteiger partial charge in [0.05, 0.1) is 24.7 Å². The zero-order valence-corrected chi connectivity index (χ0v) is 14.1. The van der Waals surface area contributed by atoms with E-state index in [-0.39, 0.29) is 18.0 Å². The Bertz CT molecular complexity index is 700. The van der Waals surface area contributed by atoms with Crippen LogP contribution >= 0.6 is 0 Å². The summed E-state index contributed by atoms with van der Waals surface area (Å²) in [7, 11) is -2.36. The van der Waals surface area contributed by atoms with Crippen molar-refractivity contribution in [3.05, 3.63) is 29.8 Å². The van der Waals surface area contributed by atoms with Gasteiger partial charge in [0.15, 0.2) is 5.60 Å². The van der Waals surface area contributed by atoms with E-state index in [2.05, 4.69) is 0 Å². The van der Waals surface area contributed by atoms with Gasteiger partial charge in [-0.2, -0.15) is 4.31 Å².